The Kier molecular flexibility index (Phi) is 8.18. The highest BCUT2D eigenvalue weighted by molar-refractivity contribution is 7.19. The minimum absolute atomic E-state index is 0.254. The molecule has 0 aliphatic heterocycles. The van der Waals surface area contributed by atoms with Crippen molar-refractivity contribution in [1.82, 2.24) is 4.98 Å². The summed E-state index contributed by atoms with van der Waals surface area (Å²) in [5, 5.41) is 13.7. The van der Waals surface area contributed by atoms with Crippen molar-refractivity contribution in [3.8, 4) is 10.4 Å². The standard InChI is InChI=1S/C25H30FN3O3S/c1-4-5-6-12-32-15-17-8-7-9-22(28-17)29-24-19(23(27)30)14-21(33-24)18-11-10-16(13-20(18)26)25(2,3)31/h7-11,13-14,31H,4-6,12,15H2,1-3H3,(H2,27,30)(H,28,29). The first-order valence-electron chi connectivity index (χ1n) is 11.0. The number of thiophene rings is 1. The summed E-state index contributed by atoms with van der Waals surface area (Å²) in [7, 11) is 0. The largest absolute Gasteiger partial charge is 0.386 e. The van der Waals surface area contributed by atoms with Gasteiger partial charge in [-0.3, -0.25) is 4.79 Å². The van der Waals surface area contributed by atoms with Gasteiger partial charge in [-0.2, -0.15) is 0 Å². The highest BCUT2D eigenvalue weighted by Crippen LogP contribution is 2.38. The van der Waals surface area contributed by atoms with Crippen molar-refractivity contribution >= 4 is 28.1 Å². The van der Waals surface area contributed by atoms with Gasteiger partial charge >= 0.3 is 0 Å². The van der Waals surface area contributed by atoms with Crippen molar-refractivity contribution in [3.05, 3.63) is 65.1 Å². The molecule has 0 saturated carbocycles. The molecule has 1 aromatic carbocycles. The van der Waals surface area contributed by atoms with Crippen LogP contribution in [0.2, 0.25) is 0 Å². The number of amides is 1. The summed E-state index contributed by atoms with van der Waals surface area (Å²) in [5.41, 5.74) is 6.23. The van der Waals surface area contributed by atoms with Gasteiger partial charge in [-0.15, -0.1) is 11.3 Å². The van der Waals surface area contributed by atoms with Gasteiger partial charge in [0.05, 0.1) is 23.5 Å². The molecule has 33 heavy (non-hydrogen) atoms. The van der Waals surface area contributed by atoms with Crippen molar-refractivity contribution in [1.29, 1.82) is 0 Å². The molecule has 0 unspecified atom stereocenters. The van der Waals surface area contributed by atoms with Gasteiger partial charge in [0.2, 0.25) is 0 Å². The predicted octanol–water partition coefficient (Wildman–Crippen LogP) is 5.73. The van der Waals surface area contributed by atoms with Crippen molar-refractivity contribution in [2.75, 3.05) is 11.9 Å². The zero-order valence-electron chi connectivity index (χ0n) is 19.2. The summed E-state index contributed by atoms with van der Waals surface area (Å²) in [6.07, 6.45) is 3.29. The van der Waals surface area contributed by atoms with Crippen LogP contribution in [0.5, 0.6) is 0 Å². The van der Waals surface area contributed by atoms with Crippen LogP contribution in [0, 0.1) is 5.82 Å². The van der Waals surface area contributed by atoms with Gasteiger partial charge in [0.1, 0.15) is 16.6 Å². The quantitative estimate of drug-likeness (QED) is 0.311. The van der Waals surface area contributed by atoms with E-state index in [9.17, 15) is 14.3 Å². The molecule has 0 radical (unpaired) electrons. The molecule has 2 aromatic heterocycles. The Balaban J connectivity index is 1.81. The lowest BCUT2D eigenvalue weighted by atomic mass is 9.96. The molecule has 0 atom stereocenters. The van der Waals surface area contributed by atoms with E-state index in [2.05, 4.69) is 17.2 Å². The van der Waals surface area contributed by atoms with Crippen molar-refractivity contribution in [3.63, 3.8) is 0 Å². The van der Waals surface area contributed by atoms with E-state index in [1.165, 1.54) is 17.4 Å². The van der Waals surface area contributed by atoms with Crippen LogP contribution in [0.25, 0.3) is 10.4 Å². The maximum absolute atomic E-state index is 14.8. The summed E-state index contributed by atoms with van der Waals surface area (Å²) < 4.78 is 20.5. The number of halogens is 1. The van der Waals surface area contributed by atoms with E-state index in [4.69, 9.17) is 10.5 Å². The number of primary amides is 1. The average molecular weight is 472 g/mol. The zero-order chi connectivity index (χ0) is 24.0. The lowest BCUT2D eigenvalue weighted by Gasteiger charge is -2.18. The molecule has 0 aliphatic rings. The number of aliphatic hydroxyl groups is 1. The summed E-state index contributed by atoms with van der Waals surface area (Å²) in [6.45, 7) is 6.42. The zero-order valence-corrected chi connectivity index (χ0v) is 20.0. The number of hydrogen-bond donors (Lipinski definition) is 3. The number of rotatable bonds is 11. The van der Waals surface area contributed by atoms with Gasteiger partial charge in [-0.05, 0) is 50.1 Å². The summed E-state index contributed by atoms with van der Waals surface area (Å²) in [6, 6.07) is 11.6. The molecule has 3 rings (SSSR count). The van der Waals surface area contributed by atoms with Gasteiger partial charge in [-0.25, -0.2) is 9.37 Å². The molecule has 8 heteroatoms. The number of anilines is 2. The molecule has 0 aliphatic carbocycles. The maximum atomic E-state index is 14.8. The van der Waals surface area contributed by atoms with E-state index in [0.29, 0.717) is 40.0 Å². The van der Waals surface area contributed by atoms with E-state index >= 15 is 0 Å². The number of aromatic nitrogens is 1. The number of unbranched alkanes of at least 4 members (excludes halogenated alkanes) is 2. The topological polar surface area (TPSA) is 97.5 Å². The first-order chi connectivity index (χ1) is 15.7. The Hall–Kier alpha value is -2.81. The molecular weight excluding hydrogens is 441 g/mol. The smallest absolute Gasteiger partial charge is 0.251 e. The number of carbonyl (C=O) groups excluding carboxylic acids is 1. The Morgan fingerprint density at radius 1 is 1.24 bits per heavy atom. The second-order valence-corrected chi connectivity index (χ2v) is 9.42. The van der Waals surface area contributed by atoms with E-state index in [0.717, 1.165) is 25.0 Å². The molecule has 0 saturated heterocycles. The van der Waals surface area contributed by atoms with Crippen LogP contribution >= 0.6 is 11.3 Å². The minimum atomic E-state index is -1.16. The highest BCUT2D eigenvalue weighted by Gasteiger charge is 2.21. The van der Waals surface area contributed by atoms with Gasteiger partial charge in [0.25, 0.3) is 5.91 Å². The normalized spacial score (nSPS) is 11.5. The van der Waals surface area contributed by atoms with Crippen molar-refractivity contribution < 1.29 is 19.0 Å². The third-order valence-electron chi connectivity index (χ3n) is 5.13. The van der Waals surface area contributed by atoms with E-state index in [-0.39, 0.29) is 5.56 Å². The molecule has 0 spiro atoms. The van der Waals surface area contributed by atoms with E-state index in [1.807, 2.05) is 12.1 Å². The Morgan fingerprint density at radius 3 is 2.70 bits per heavy atom. The Morgan fingerprint density at radius 2 is 2.03 bits per heavy atom. The number of hydrogen-bond acceptors (Lipinski definition) is 6. The van der Waals surface area contributed by atoms with Crippen LogP contribution in [0.3, 0.4) is 0 Å². The molecule has 6 nitrogen and oxygen atoms in total. The van der Waals surface area contributed by atoms with Gasteiger partial charge < -0.3 is 20.9 Å². The molecule has 2 heterocycles. The fourth-order valence-electron chi connectivity index (χ4n) is 3.27. The molecule has 0 fully saturated rings. The lowest BCUT2D eigenvalue weighted by Crippen LogP contribution is -2.15. The molecule has 4 N–H and O–H groups in total. The monoisotopic (exact) mass is 471 g/mol. The second-order valence-electron chi connectivity index (χ2n) is 8.37. The van der Waals surface area contributed by atoms with Gasteiger partial charge in [0.15, 0.2) is 0 Å². The summed E-state index contributed by atoms with van der Waals surface area (Å²) in [5.74, 6) is -0.568. The summed E-state index contributed by atoms with van der Waals surface area (Å²) in [4.78, 5) is 17.1. The lowest BCUT2D eigenvalue weighted by molar-refractivity contribution is 0.0782. The number of nitrogens with one attached hydrogen (secondary N) is 1. The number of carbonyl (C=O) groups is 1. The second kappa shape index (κ2) is 10.9. The first kappa shape index (κ1) is 24.8. The van der Waals surface area contributed by atoms with E-state index in [1.54, 1.807) is 38.1 Å². The van der Waals surface area contributed by atoms with Crippen LogP contribution in [0.15, 0.2) is 42.5 Å². The van der Waals surface area contributed by atoms with Crippen molar-refractivity contribution in [2.45, 2.75) is 52.2 Å². The number of benzene rings is 1. The number of pyridine rings is 1. The van der Waals surface area contributed by atoms with Crippen LogP contribution < -0.4 is 11.1 Å². The molecule has 0 bridgehead atoms. The van der Waals surface area contributed by atoms with Crippen LogP contribution in [0.1, 0.15) is 61.6 Å². The average Bonchev–Trinajstić information content (AvgIpc) is 3.17. The Labute approximate surface area is 197 Å². The highest BCUT2D eigenvalue weighted by atomic mass is 32.1. The van der Waals surface area contributed by atoms with E-state index < -0.39 is 17.3 Å². The molecule has 3 aromatic rings. The molecule has 1 amide bonds. The van der Waals surface area contributed by atoms with Crippen molar-refractivity contribution in [2.24, 2.45) is 5.73 Å². The van der Waals surface area contributed by atoms with Crippen LogP contribution in [-0.4, -0.2) is 22.6 Å². The van der Waals surface area contributed by atoms with Crippen LogP contribution in [-0.2, 0) is 16.9 Å². The summed E-state index contributed by atoms with van der Waals surface area (Å²) >= 11 is 1.21. The molecule has 176 valence electrons. The fraction of sp³-hybridized carbons (Fsp3) is 0.360. The number of nitrogens with zero attached hydrogens (tertiary/aromatic N) is 1. The first-order valence-corrected chi connectivity index (χ1v) is 11.8. The third-order valence-corrected chi connectivity index (χ3v) is 6.21. The third kappa shape index (κ3) is 6.60. The van der Waals surface area contributed by atoms with Gasteiger partial charge in [0, 0.05) is 17.0 Å². The maximum Gasteiger partial charge on any atom is 0.251 e. The number of nitrogens with two attached hydrogens (primary N) is 1. The SMILES string of the molecule is CCCCCOCc1cccc(Nc2sc(-c3ccc(C(C)(C)O)cc3F)cc2C(N)=O)n1. The van der Waals surface area contributed by atoms with Crippen LogP contribution in [0.4, 0.5) is 15.2 Å². The van der Waals surface area contributed by atoms with Gasteiger partial charge in [-0.1, -0.05) is 38.0 Å². The minimum Gasteiger partial charge on any atom is -0.386 e. The predicted molar refractivity (Wildman–Crippen MR) is 130 cm³/mol. The number of ether oxygens (including phenoxy) is 1. The Bertz CT molecular complexity index is 1110. The molecular formula is C25H30FN3O3S. The fourth-order valence-corrected chi connectivity index (χ4v) is 4.37.